The Balaban J connectivity index is 2.56. The minimum atomic E-state index is -2.89. The van der Waals surface area contributed by atoms with E-state index in [-0.39, 0.29) is 12.8 Å². The molecule has 0 bridgehead atoms. The molecule has 2 nitrogen and oxygen atoms in total. The van der Waals surface area contributed by atoms with Crippen LogP contribution in [0.5, 0.6) is 0 Å². The van der Waals surface area contributed by atoms with Gasteiger partial charge in [-0.15, -0.1) is 0 Å². The zero-order valence-electron chi connectivity index (χ0n) is 5.93. The van der Waals surface area contributed by atoms with E-state index < -0.39 is 12.0 Å². The van der Waals surface area contributed by atoms with Gasteiger partial charge in [0.2, 0.25) is 0 Å². The molecule has 0 radical (unpaired) electrons. The lowest BCUT2D eigenvalue weighted by Gasteiger charge is -2.18. The maximum Gasteiger partial charge on any atom is 0.274 e. The first kappa shape index (κ1) is 9.60. The van der Waals surface area contributed by atoms with Crippen LogP contribution in [-0.4, -0.2) is 33.3 Å². The smallest absolute Gasteiger partial charge is 0.274 e. The molecule has 66 valence electrons. The second kappa shape index (κ2) is 3.49. The average Bonchev–Trinajstić information content (AvgIpc) is 2.03. The van der Waals surface area contributed by atoms with E-state index in [2.05, 4.69) is 0 Å². The van der Waals surface area contributed by atoms with Gasteiger partial charge in [0, 0.05) is 42.4 Å². The largest absolute Gasteiger partial charge is 0.387 e. The summed E-state index contributed by atoms with van der Waals surface area (Å²) in [6, 6.07) is 0. The molecule has 11 heavy (non-hydrogen) atoms. The van der Waals surface area contributed by atoms with E-state index in [1.165, 1.54) is 0 Å². The fourth-order valence-corrected chi connectivity index (χ4v) is 1.54. The van der Waals surface area contributed by atoms with Crippen molar-refractivity contribution in [1.82, 2.24) is 3.11 Å². The fraction of sp³-hybridized carbons (Fsp3) is 1.00. The maximum absolute atomic E-state index is 12.8. The predicted octanol–water partition coefficient (Wildman–Crippen LogP) is 1.43. The highest BCUT2D eigenvalue weighted by atomic mass is 127. The molecule has 0 aromatic carbocycles. The molecule has 1 rings (SSSR count). The van der Waals surface area contributed by atoms with Gasteiger partial charge in [0.05, 0.1) is 0 Å². The van der Waals surface area contributed by atoms with Gasteiger partial charge < -0.3 is 5.11 Å². The summed E-state index contributed by atoms with van der Waals surface area (Å²) in [4.78, 5) is 0. The lowest BCUT2D eigenvalue weighted by Crippen LogP contribution is -2.32. The molecule has 1 atom stereocenters. The first-order valence-electron chi connectivity index (χ1n) is 3.49. The number of halogens is 3. The standard InChI is InChI=1S/C6H10F2INO/c7-6(8)2-4-10(9)3-1-5(6)11/h5,11H,1-4H2. The van der Waals surface area contributed by atoms with E-state index in [1.54, 1.807) is 3.11 Å². The second-order valence-electron chi connectivity index (χ2n) is 2.73. The summed E-state index contributed by atoms with van der Waals surface area (Å²) in [5.41, 5.74) is 0. The molecule has 0 saturated carbocycles. The Kier molecular flexibility index (Phi) is 3.04. The van der Waals surface area contributed by atoms with Crippen LogP contribution in [0.25, 0.3) is 0 Å². The summed E-state index contributed by atoms with van der Waals surface area (Å²) in [6.45, 7) is 0.891. The van der Waals surface area contributed by atoms with Gasteiger partial charge in [-0.05, 0) is 6.42 Å². The van der Waals surface area contributed by atoms with Crippen molar-refractivity contribution in [2.75, 3.05) is 13.1 Å². The maximum atomic E-state index is 12.8. The monoisotopic (exact) mass is 277 g/mol. The van der Waals surface area contributed by atoms with Crippen molar-refractivity contribution in [3.8, 4) is 0 Å². The number of hydrogen-bond acceptors (Lipinski definition) is 2. The van der Waals surface area contributed by atoms with Crippen LogP contribution in [-0.2, 0) is 0 Å². The van der Waals surface area contributed by atoms with E-state index in [0.717, 1.165) is 0 Å². The Morgan fingerprint density at radius 1 is 1.45 bits per heavy atom. The van der Waals surface area contributed by atoms with Crippen molar-refractivity contribution < 1.29 is 13.9 Å². The van der Waals surface area contributed by atoms with Crippen LogP contribution < -0.4 is 0 Å². The van der Waals surface area contributed by atoms with E-state index in [1.807, 2.05) is 22.9 Å². The summed E-state index contributed by atoms with van der Waals surface area (Å²) in [5.74, 6) is -2.89. The molecule has 1 heterocycles. The van der Waals surface area contributed by atoms with Crippen LogP contribution in [0, 0.1) is 0 Å². The van der Waals surface area contributed by atoms with Crippen LogP contribution in [0.4, 0.5) is 8.78 Å². The molecule has 0 aliphatic carbocycles. The minimum absolute atomic E-state index is 0.163. The first-order chi connectivity index (χ1) is 5.02. The summed E-state index contributed by atoms with van der Waals surface area (Å²) < 4.78 is 27.3. The summed E-state index contributed by atoms with van der Waals surface area (Å²) >= 11 is 2.00. The van der Waals surface area contributed by atoms with E-state index in [9.17, 15) is 8.78 Å². The summed E-state index contributed by atoms with van der Waals surface area (Å²) in [5, 5.41) is 8.95. The molecule has 0 aromatic rings. The number of rotatable bonds is 0. The van der Waals surface area contributed by atoms with Gasteiger partial charge in [0.1, 0.15) is 6.10 Å². The van der Waals surface area contributed by atoms with Crippen molar-refractivity contribution in [2.24, 2.45) is 0 Å². The highest BCUT2D eigenvalue weighted by molar-refractivity contribution is 14.1. The van der Waals surface area contributed by atoms with Gasteiger partial charge in [0.15, 0.2) is 0 Å². The van der Waals surface area contributed by atoms with Crippen LogP contribution in [0.2, 0.25) is 0 Å². The van der Waals surface area contributed by atoms with Crippen LogP contribution in [0.3, 0.4) is 0 Å². The van der Waals surface area contributed by atoms with Crippen molar-refractivity contribution in [3.63, 3.8) is 0 Å². The Morgan fingerprint density at radius 3 is 2.73 bits per heavy atom. The summed E-state index contributed by atoms with van der Waals surface area (Å²) in [6.07, 6.45) is -1.53. The zero-order valence-corrected chi connectivity index (χ0v) is 8.09. The SMILES string of the molecule is OC1CCN(I)CCC1(F)F. The Hall–Kier alpha value is 0.510. The molecule has 0 amide bonds. The molecule has 1 saturated heterocycles. The number of aliphatic hydroxyl groups is 1. The van der Waals surface area contributed by atoms with Gasteiger partial charge in [0.25, 0.3) is 5.92 Å². The van der Waals surface area contributed by atoms with E-state index >= 15 is 0 Å². The molecule has 1 aliphatic heterocycles. The highest BCUT2D eigenvalue weighted by Gasteiger charge is 2.39. The molecule has 1 unspecified atom stereocenters. The average molecular weight is 277 g/mol. The molecular weight excluding hydrogens is 267 g/mol. The molecule has 1 N–H and O–H groups in total. The second-order valence-corrected chi connectivity index (χ2v) is 4.09. The topological polar surface area (TPSA) is 23.5 Å². The normalized spacial score (nSPS) is 33.3. The summed E-state index contributed by atoms with van der Waals surface area (Å²) in [7, 11) is 0. The van der Waals surface area contributed by atoms with Crippen LogP contribution >= 0.6 is 22.9 Å². The quantitative estimate of drug-likeness (QED) is 0.535. The van der Waals surface area contributed by atoms with Gasteiger partial charge in [-0.3, -0.25) is 0 Å². The van der Waals surface area contributed by atoms with Gasteiger partial charge in [-0.2, -0.15) is 0 Å². The third-order valence-electron chi connectivity index (χ3n) is 1.82. The number of alkyl halides is 2. The van der Waals surface area contributed by atoms with Gasteiger partial charge in [-0.1, -0.05) is 0 Å². The molecule has 1 fully saturated rings. The van der Waals surface area contributed by atoms with Crippen molar-refractivity contribution in [1.29, 1.82) is 0 Å². The Labute approximate surface area is 78.1 Å². The van der Waals surface area contributed by atoms with Crippen LogP contribution in [0.15, 0.2) is 0 Å². The van der Waals surface area contributed by atoms with Crippen molar-refractivity contribution >= 4 is 22.9 Å². The highest BCUT2D eigenvalue weighted by Crippen LogP contribution is 2.29. The number of hydrogen-bond donors (Lipinski definition) is 1. The van der Waals surface area contributed by atoms with E-state index in [4.69, 9.17) is 5.11 Å². The molecule has 1 aliphatic rings. The van der Waals surface area contributed by atoms with E-state index in [0.29, 0.717) is 13.1 Å². The van der Waals surface area contributed by atoms with Crippen LogP contribution in [0.1, 0.15) is 12.8 Å². The number of aliphatic hydroxyl groups excluding tert-OH is 1. The minimum Gasteiger partial charge on any atom is -0.387 e. The zero-order chi connectivity index (χ0) is 8.48. The van der Waals surface area contributed by atoms with Gasteiger partial charge >= 0.3 is 0 Å². The fourth-order valence-electron chi connectivity index (χ4n) is 1.02. The van der Waals surface area contributed by atoms with Crippen molar-refractivity contribution in [2.45, 2.75) is 24.9 Å². The molecule has 0 spiro atoms. The van der Waals surface area contributed by atoms with Gasteiger partial charge in [-0.25, -0.2) is 11.9 Å². The Bertz CT molecular complexity index is 145. The lowest BCUT2D eigenvalue weighted by molar-refractivity contribution is -0.108. The third-order valence-corrected chi connectivity index (χ3v) is 2.79. The predicted molar refractivity (Wildman–Crippen MR) is 45.8 cm³/mol. The molecule has 0 aromatic heterocycles. The first-order valence-corrected chi connectivity index (χ1v) is 4.45. The lowest BCUT2D eigenvalue weighted by atomic mass is 10.1. The number of nitrogens with zero attached hydrogens (tertiary/aromatic N) is 1. The third kappa shape index (κ3) is 2.48. The molecule has 5 heteroatoms. The Morgan fingerprint density at radius 2 is 2.09 bits per heavy atom. The molecular formula is C6H10F2INO. The van der Waals surface area contributed by atoms with Crippen molar-refractivity contribution in [3.05, 3.63) is 0 Å².